The van der Waals surface area contributed by atoms with Crippen molar-refractivity contribution in [2.75, 3.05) is 26.1 Å². The number of hydrogen-bond acceptors (Lipinski definition) is 11. The van der Waals surface area contributed by atoms with Gasteiger partial charge in [0, 0.05) is 11.8 Å². The molecule has 248 valence electrons. The van der Waals surface area contributed by atoms with Gasteiger partial charge in [-0.3, -0.25) is 14.2 Å². The second-order valence-corrected chi connectivity index (χ2v) is 14.1. The average molecular weight is 711 g/mol. The van der Waals surface area contributed by atoms with Gasteiger partial charge in [0.05, 0.1) is 52.9 Å². The molecule has 3 aromatic carbocycles. The molecular weight excluding hydrogens is 681 g/mol. The quantitative estimate of drug-likeness (QED) is 0.168. The van der Waals surface area contributed by atoms with E-state index in [1.54, 1.807) is 67.4 Å². The van der Waals surface area contributed by atoms with Crippen molar-refractivity contribution in [2.45, 2.75) is 29.3 Å². The van der Waals surface area contributed by atoms with Crippen molar-refractivity contribution in [3.63, 3.8) is 0 Å². The van der Waals surface area contributed by atoms with Crippen LogP contribution in [0.5, 0.6) is 17.2 Å². The number of hydrogen-bond donors (Lipinski definition) is 1. The van der Waals surface area contributed by atoms with Crippen molar-refractivity contribution >= 4 is 62.3 Å². The fourth-order valence-corrected chi connectivity index (χ4v) is 8.56. The highest BCUT2D eigenvalue weighted by Gasteiger charge is 2.33. The lowest BCUT2D eigenvalue weighted by Crippen LogP contribution is -2.40. The van der Waals surface area contributed by atoms with Crippen LogP contribution in [0.15, 0.2) is 114 Å². The zero-order valence-electron chi connectivity index (χ0n) is 26.9. The fourth-order valence-electron chi connectivity index (χ4n) is 5.54. The van der Waals surface area contributed by atoms with Gasteiger partial charge in [0.15, 0.2) is 25.7 Å². The van der Waals surface area contributed by atoms with Crippen LogP contribution in [0, 0.1) is 0 Å². The summed E-state index contributed by atoms with van der Waals surface area (Å²) in [6.07, 6.45) is 1.70. The molecule has 49 heavy (non-hydrogen) atoms. The van der Waals surface area contributed by atoms with Crippen LogP contribution in [0.1, 0.15) is 31.2 Å². The first kappa shape index (κ1) is 32.4. The number of ether oxygens (including phenoxy) is 3. The molecule has 1 atom stereocenters. The summed E-state index contributed by atoms with van der Waals surface area (Å²) in [6, 6.07) is 23.3. The molecule has 0 fully saturated rings. The van der Waals surface area contributed by atoms with Gasteiger partial charge >= 0.3 is 0 Å². The zero-order valence-corrected chi connectivity index (χ0v) is 29.3. The van der Waals surface area contributed by atoms with E-state index in [1.165, 1.54) is 23.1 Å². The molecule has 0 bridgehead atoms. The van der Waals surface area contributed by atoms with Gasteiger partial charge in [-0.25, -0.2) is 9.98 Å². The Bertz CT molecular complexity index is 2410. The molecule has 7 rings (SSSR count). The van der Waals surface area contributed by atoms with Crippen molar-refractivity contribution in [1.29, 1.82) is 0 Å². The summed E-state index contributed by atoms with van der Waals surface area (Å²) in [4.78, 5) is 38.0. The second-order valence-electron chi connectivity index (χ2n) is 10.8. The van der Waals surface area contributed by atoms with E-state index < -0.39 is 6.04 Å². The molecule has 0 aliphatic carbocycles. The molecule has 1 aliphatic rings. The van der Waals surface area contributed by atoms with E-state index in [-0.39, 0.29) is 11.5 Å². The summed E-state index contributed by atoms with van der Waals surface area (Å²) in [7, 11) is 3.10. The number of rotatable bonds is 10. The largest absolute Gasteiger partial charge is 0.494 e. The van der Waals surface area contributed by atoms with Gasteiger partial charge in [-0.15, -0.1) is 11.3 Å². The van der Waals surface area contributed by atoms with Crippen LogP contribution in [0.25, 0.3) is 16.3 Å². The van der Waals surface area contributed by atoms with Crippen molar-refractivity contribution in [3.05, 3.63) is 121 Å². The molecule has 0 saturated heterocycles. The number of nitrogens with zero attached hydrogens (tertiary/aromatic N) is 3. The number of aromatic nitrogens is 2. The average Bonchev–Trinajstić information content (AvgIpc) is 3.81. The Balaban J connectivity index is 1.25. The van der Waals surface area contributed by atoms with Crippen molar-refractivity contribution in [2.24, 2.45) is 4.99 Å². The molecule has 0 spiro atoms. The van der Waals surface area contributed by atoms with Gasteiger partial charge in [-0.05, 0) is 85.8 Å². The topological polar surface area (TPSA) is 117 Å². The third-order valence-electron chi connectivity index (χ3n) is 7.74. The highest BCUT2D eigenvalue weighted by molar-refractivity contribution is 8.01. The summed E-state index contributed by atoms with van der Waals surface area (Å²) in [5.74, 6) is 1.96. The Morgan fingerprint density at radius 1 is 1.02 bits per heavy atom. The van der Waals surface area contributed by atoms with Crippen LogP contribution in [0.3, 0.4) is 0 Å². The van der Waals surface area contributed by atoms with E-state index in [0.29, 0.717) is 60.8 Å². The Morgan fingerprint density at radius 3 is 2.61 bits per heavy atom. The van der Waals surface area contributed by atoms with Crippen molar-refractivity contribution in [3.8, 4) is 17.2 Å². The molecule has 3 aromatic heterocycles. The lowest BCUT2D eigenvalue weighted by atomic mass is 9.94. The highest BCUT2D eigenvalue weighted by atomic mass is 32.2. The molecular formula is C36H30N4O6S3. The molecule has 6 aromatic rings. The minimum Gasteiger partial charge on any atom is -0.494 e. The van der Waals surface area contributed by atoms with Gasteiger partial charge in [0.25, 0.3) is 11.5 Å². The number of amides is 1. The number of anilines is 1. The summed E-state index contributed by atoms with van der Waals surface area (Å²) in [5, 5.41) is 3.61. The maximum absolute atomic E-state index is 14.2. The van der Waals surface area contributed by atoms with Crippen LogP contribution in [0.2, 0.25) is 0 Å². The first-order valence-corrected chi connectivity index (χ1v) is 17.7. The summed E-state index contributed by atoms with van der Waals surface area (Å²) < 4.78 is 26.6. The molecule has 1 amide bonds. The second kappa shape index (κ2) is 13.8. The fraction of sp³-hybridized carbons (Fsp3) is 0.167. The molecule has 0 radical (unpaired) electrons. The molecule has 10 nitrogen and oxygen atoms in total. The van der Waals surface area contributed by atoms with E-state index >= 15 is 0 Å². The number of fused-ring (bicyclic) bond motifs is 2. The van der Waals surface area contributed by atoms with E-state index in [4.69, 9.17) is 28.6 Å². The summed E-state index contributed by atoms with van der Waals surface area (Å²) in [6.45, 7) is 4.33. The number of benzene rings is 3. The number of methoxy groups -OCH3 is 2. The number of nitrogens with one attached hydrogen (secondary N) is 1. The molecule has 1 aliphatic heterocycles. The standard InChI is InChI=1S/C36H30N4O6S3/c1-5-45-23-12-14-25-28(18-23)48-36(39-25)49-30-16-13-24(46-30)19-29-34(42)40-32(21-11-15-26(43-3)27(17-21)44-4)31(20(2)37-35(40)47-29)33(41)38-22-9-7-6-8-10-22/h6-19,32H,5H2,1-4H3,(H,38,41)/b29-19-/t32-/m0/s1. The summed E-state index contributed by atoms with van der Waals surface area (Å²) in [5.41, 5.74) is 2.73. The van der Waals surface area contributed by atoms with Crippen LogP contribution in [-0.2, 0) is 4.79 Å². The molecule has 0 saturated carbocycles. The third kappa shape index (κ3) is 6.52. The van der Waals surface area contributed by atoms with Crippen molar-refractivity contribution in [1.82, 2.24) is 9.55 Å². The van der Waals surface area contributed by atoms with Gasteiger partial charge in [0.1, 0.15) is 11.5 Å². The molecule has 4 heterocycles. The molecule has 0 unspecified atom stereocenters. The smallest absolute Gasteiger partial charge is 0.271 e. The van der Waals surface area contributed by atoms with Gasteiger partial charge in [-0.2, -0.15) is 0 Å². The Labute approximate surface area is 293 Å². The van der Waals surface area contributed by atoms with Crippen molar-refractivity contribution < 1.29 is 23.4 Å². The Morgan fingerprint density at radius 2 is 1.84 bits per heavy atom. The van der Waals surface area contributed by atoms with E-state index in [9.17, 15) is 9.59 Å². The zero-order chi connectivity index (χ0) is 34.1. The molecule has 13 heteroatoms. The maximum atomic E-state index is 14.2. The van der Waals surface area contributed by atoms with Gasteiger partial charge in [-0.1, -0.05) is 35.6 Å². The third-order valence-corrected chi connectivity index (χ3v) is 10.7. The summed E-state index contributed by atoms with van der Waals surface area (Å²) >= 11 is 4.20. The van der Waals surface area contributed by atoms with Gasteiger partial charge in [0.2, 0.25) is 0 Å². The Kier molecular flexibility index (Phi) is 9.13. The number of carbonyl (C=O) groups excluding carboxylic acids is 1. The lowest BCUT2D eigenvalue weighted by molar-refractivity contribution is -0.113. The first-order chi connectivity index (χ1) is 23.8. The van der Waals surface area contributed by atoms with Crippen LogP contribution < -0.4 is 34.4 Å². The monoisotopic (exact) mass is 710 g/mol. The number of thiazole rings is 2. The normalized spacial score (nSPS) is 14.4. The van der Waals surface area contributed by atoms with Crippen LogP contribution in [0.4, 0.5) is 5.69 Å². The first-order valence-electron chi connectivity index (χ1n) is 15.3. The van der Waals surface area contributed by atoms with Gasteiger partial charge < -0.3 is 23.9 Å². The number of para-hydroxylation sites is 1. The minimum absolute atomic E-state index is 0.303. The van der Waals surface area contributed by atoms with E-state index in [0.717, 1.165) is 20.3 Å². The minimum atomic E-state index is -0.785. The predicted octanol–water partition coefficient (Wildman–Crippen LogP) is 6.64. The number of furan rings is 1. The number of allylic oxidation sites excluding steroid dienone is 1. The van der Waals surface area contributed by atoms with Crippen LogP contribution in [-0.4, -0.2) is 36.3 Å². The predicted molar refractivity (Wildman–Crippen MR) is 192 cm³/mol. The Hall–Kier alpha value is -5.11. The lowest BCUT2D eigenvalue weighted by Gasteiger charge is -2.26. The molecule has 1 N–H and O–H groups in total. The SMILES string of the molecule is CCOc1ccc2nc(Sc3ccc(/C=c4\sc5n(c4=O)[C@@H](c4ccc(OC)c(OC)c4)C(C(=O)Nc4ccccc4)=C(C)N=5)o3)sc2c1. The van der Waals surface area contributed by atoms with E-state index in [2.05, 4.69) is 5.32 Å². The highest BCUT2D eigenvalue weighted by Crippen LogP contribution is 2.38. The van der Waals surface area contributed by atoms with E-state index in [1.807, 2.05) is 61.5 Å². The number of carbonyl (C=O) groups is 1. The van der Waals surface area contributed by atoms with Crippen LogP contribution >= 0.6 is 34.4 Å². The maximum Gasteiger partial charge on any atom is 0.271 e.